The van der Waals surface area contributed by atoms with Crippen molar-refractivity contribution in [2.24, 2.45) is 0 Å². The highest BCUT2D eigenvalue weighted by Gasteiger charge is 2.14. The number of rotatable bonds is 2. The molecule has 0 radical (unpaired) electrons. The number of nitrogens with one attached hydrogen (secondary N) is 1. The lowest BCUT2D eigenvalue weighted by atomic mass is 10.0. The maximum atomic E-state index is 5.07. The summed E-state index contributed by atoms with van der Waals surface area (Å²) in [5.41, 5.74) is 0. The molecule has 4 nitrogen and oxygen atoms in total. The molecular weight excluding hydrogens is 154 g/mol. The van der Waals surface area contributed by atoms with Gasteiger partial charge in [-0.05, 0) is 19.4 Å². The maximum Gasteiger partial charge on any atom is 0.217 e. The quantitative estimate of drug-likeness (QED) is 0.706. The third kappa shape index (κ3) is 1.82. The molecule has 0 saturated carbocycles. The Morgan fingerprint density at radius 3 is 3.25 bits per heavy atom. The molecule has 1 N–H and O–H groups in total. The Labute approximate surface area is 71.4 Å². The van der Waals surface area contributed by atoms with Crippen LogP contribution in [0.4, 0.5) is 0 Å². The zero-order valence-corrected chi connectivity index (χ0v) is 6.99. The molecule has 1 aromatic heterocycles. The lowest BCUT2D eigenvalue weighted by molar-refractivity contribution is 0.367. The van der Waals surface area contributed by atoms with Crippen LogP contribution in [0, 0.1) is 0 Å². The molecule has 1 unspecified atom stereocenters. The van der Waals surface area contributed by atoms with Crippen LogP contribution in [0.3, 0.4) is 0 Å². The van der Waals surface area contributed by atoms with E-state index in [1.54, 1.807) is 0 Å². The fourth-order valence-electron chi connectivity index (χ4n) is 1.59. The van der Waals surface area contributed by atoms with Gasteiger partial charge >= 0.3 is 0 Å². The second-order valence-corrected chi connectivity index (χ2v) is 3.18. The van der Waals surface area contributed by atoms with Gasteiger partial charge in [-0.25, -0.2) is 0 Å². The Morgan fingerprint density at radius 1 is 1.58 bits per heavy atom. The molecule has 1 aromatic rings. The zero-order valence-electron chi connectivity index (χ0n) is 6.99. The molecule has 2 rings (SSSR count). The SMILES string of the molecule is c1nnc(CC2CCCCN2)o1. The number of hydrogen-bond donors (Lipinski definition) is 1. The van der Waals surface area contributed by atoms with Crippen LogP contribution in [0.2, 0.25) is 0 Å². The van der Waals surface area contributed by atoms with Gasteiger partial charge < -0.3 is 9.73 Å². The molecule has 1 saturated heterocycles. The summed E-state index contributed by atoms with van der Waals surface area (Å²) < 4.78 is 5.07. The van der Waals surface area contributed by atoms with E-state index in [1.807, 2.05) is 0 Å². The molecule has 1 fully saturated rings. The van der Waals surface area contributed by atoms with Crippen molar-refractivity contribution in [1.29, 1.82) is 0 Å². The third-order valence-corrected chi connectivity index (χ3v) is 2.24. The monoisotopic (exact) mass is 167 g/mol. The molecule has 0 amide bonds. The van der Waals surface area contributed by atoms with Crippen LogP contribution >= 0.6 is 0 Å². The van der Waals surface area contributed by atoms with Crippen LogP contribution in [-0.2, 0) is 6.42 Å². The molecule has 2 heterocycles. The molecule has 0 aliphatic carbocycles. The predicted octanol–water partition coefficient (Wildman–Crippen LogP) is 0.754. The van der Waals surface area contributed by atoms with Gasteiger partial charge in [0, 0.05) is 12.5 Å². The van der Waals surface area contributed by atoms with Crippen molar-refractivity contribution in [3.63, 3.8) is 0 Å². The van der Waals surface area contributed by atoms with Crippen molar-refractivity contribution >= 4 is 0 Å². The van der Waals surface area contributed by atoms with Crippen molar-refractivity contribution in [3.05, 3.63) is 12.3 Å². The molecule has 66 valence electrons. The van der Waals surface area contributed by atoms with Crippen LogP contribution in [-0.4, -0.2) is 22.8 Å². The van der Waals surface area contributed by atoms with Gasteiger partial charge in [-0.3, -0.25) is 0 Å². The molecule has 0 spiro atoms. The Bertz CT molecular complexity index is 216. The Hall–Kier alpha value is -0.900. The fraction of sp³-hybridized carbons (Fsp3) is 0.750. The molecule has 4 heteroatoms. The second-order valence-electron chi connectivity index (χ2n) is 3.18. The minimum absolute atomic E-state index is 0.541. The van der Waals surface area contributed by atoms with Crippen molar-refractivity contribution < 1.29 is 4.42 Å². The van der Waals surface area contributed by atoms with Crippen LogP contribution in [0.1, 0.15) is 25.2 Å². The Balaban J connectivity index is 1.86. The number of piperidine rings is 1. The van der Waals surface area contributed by atoms with Gasteiger partial charge in [-0.1, -0.05) is 6.42 Å². The second kappa shape index (κ2) is 3.67. The summed E-state index contributed by atoms with van der Waals surface area (Å²) in [5, 5.41) is 10.9. The van der Waals surface area contributed by atoms with Crippen LogP contribution in [0.25, 0.3) is 0 Å². The summed E-state index contributed by atoms with van der Waals surface area (Å²) in [5.74, 6) is 0.745. The maximum absolute atomic E-state index is 5.07. The smallest absolute Gasteiger partial charge is 0.217 e. The van der Waals surface area contributed by atoms with E-state index in [0.717, 1.165) is 18.9 Å². The van der Waals surface area contributed by atoms with Crippen LogP contribution in [0.15, 0.2) is 10.8 Å². The Kier molecular flexibility index (Phi) is 2.36. The number of aromatic nitrogens is 2. The van der Waals surface area contributed by atoms with Crippen LogP contribution in [0.5, 0.6) is 0 Å². The first-order chi connectivity index (χ1) is 5.95. The number of hydrogen-bond acceptors (Lipinski definition) is 4. The van der Waals surface area contributed by atoms with Crippen molar-refractivity contribution in [2.75, 3.05) is 6.54 Å². The van der Waals surface area contributed by atoms with Gasteiger partial charge in [0.25, 0.3) is 0 Å². The first-order valence-corrected chi connectivity index (χ1v) is 4.43. The third-order valence-electron chi connectivity index (χ3n) is 2.24. The summed E-state index contributed by atoms with van der Waals surface area (Å²) in [6.45, 7) is 1.12. The van der Waals surface area contributed by atoms with Crippen molar-refractivity contribution in [2.45, 2.75) is 31.7 Å². The van der Waals surface area contributed by atoms with Gasteiger partial charge in [-0.2, -0.15) is 0 Å². The van der Waals surface area contributed by atoms with Gasteiger partial charge in [0.15, 0.2) is 0 Å². The molecule has 0 bridgehead atoms. The summed E-state index contributed by atoms with van der Waals surface area (Å²) in [7, 11) is 0. The molecule has 12 heavy (non-hydrogen) atoms. The van der Waals surface area contributed by atoms with Gasteiger partial charge in [0.2, 0.25) is 12.3 Å². The van der Waals surface area contributed by atoms with E-state index in [1.165, 1.54) is 25.7 Å². The zero-order chi connectivity index (χ0) is 8.23. The summed E-state index contributed by atoms with van der Waals surface area (Å²) >= 11 is 0. The van der Waals surface area contributed by atoms with Crippen molar-refractivity contribution in [1.82, 2.24) is 15.5 Å². The van der Waals surface area contributed by atoms with E-state index in [-0.39, 0.29) is 0 Å². The van der Waals surface area contributed by atoms with E-state index in [0.29, 0.717) is 6.04 Å². The summed E-state index contributed by atoms with van der Waals surface area (Å²) in [4.78, 5) is 0. The van der Waals surface area contributed by atoms with E-state index in [4.69, 9.17) is 4.42 Å². The molecule has 1 atom stereocenters. The molecular formula is C8H13N3O. The topological polar surface area (TPSA) is 51.0 Å². The van der Waals surface area contributed by atoms with Gasteiger partial charge in [0.05, 0.1) is 0 Å². The standard InChI is InChI=1S/C8H13N3O/c1-2-4-9-7(3-1)5-8-11-10-6-12-8/h6-7,9H,1-5H2. The highest BCUT2D eigenvalue weighted by atomic mass is 16.4. The first-order valence-electron chi connectivity index (χ1n) is 4.43. The van der Waals surface area contributed by atoms with Crippen molar-refractivity contribution in [3.8, 4) is 0 Å². The fourth-order valence-corrected chi connectivity index (χ4v) is 1.59. The highest BCUT2D eigenvalue weighted by molar-refractivity contribution is 4.83. The largest absolute Gasteiger partial charge is 0.428 e. The van der Waals surface area contributed by atoms with Crippen LogP contribution < -0.4 is 5.32 Å². The molecule has 1 aliphatic heterocycles. The minimum Gasteiger partial charge on any atom is -0.428 e. The predicted molar refractivity (Wildman–Crippen MR) is 43.6 cm³/mol. The first kappa shape index (κ1) is 7.73. The van der Waals surface area contributed by atoms with E-state index in [2.05, 4.69) is 15.5 Å². The highest BCUT2D eigenvalue weighted by Crippen LogP contribution is 2.10. The van der Waals surface area contributed by atoms with Gasteiger partial charge in [0.1, 0.15) is 0 Å². The lowest BCUT2D eigenvalue weighted by Crippen LogP contribution is -2.35. The normalized spacial score (nSPS) is 24.2. The lowest BCUT2D eigenvalue weighted by Gasteiger charge is -2.21. The van der Waals surface area contributed by atoms with E-state index >= 15 is 0 Å². The molecule has 0 aromatic carbocycles. The number of nitrogens with zero attached hydrogens (tertiary/aromatic N) is 2. The van der Waals surface area contributed by atoms with Gasteiger partial charge in [-0.15, -0.1) is 10.2 Å². The average molecular weight is 167 g/mol. The summed E-state index contributed by atoms with van der Waals surface area (Å²) in [6, 6.07) is 0.541. The van der Waals surface area contributed by atoms with E-state index < -0.39 is 0 Å². The van der Waals surface area contributed by atoms with E-state index in [9.17, 15) is 0 Å². The average Bonchev–Trinajstić information content (AvgIpc) is 2.59. The summed E-state index contributed by atoms with van der Waals surface area (Å²) in [6.07, 6.45) is 6.09. The molecule has 1 aliphatic rings. The minimum atomic E-state index is 0.541. The Morgan fingerprint density at radius 2 is 2.58 bits per heavy atom.